The second-order valence-corrected chi connectivity index (χ2v) is 4.32. The Morgan fingerprint density at radius 1 is 1.05 bits per heavy atom. The summed E-state index contributed by atoms with van der Waals surface area (Å²) in [5.41, 5.74) is 7.18. The molecule has 0 bridgehead atoms. The first-order valence-corrected chi connectivity index (χ1v) is 6.71. The highest BCUT2D eigenvalue weighted by molar-refractivity contribution is 5.88. The molecule has 2 amide bonds. The first kappa shape index (κ1) is 15.4. The Morgan fingerprint density at radius 2 is 1.73 bits per heavy atom. The zero-order chi connectivity index (χ0) is 15.9. The second kappa shape index (κ2) is 7.12. The minimum absolute atomic E-state index is 0.149. The van der Waals surface area contributed by atoms with E-state index in [9.17, 15) is 9.59 Å². The molecule has 22 heavy (non-hydrogen) atoms. The van der Waals surface area contributed by atoms with Crippen molar-refractivity contribution in [3.05, 3.63) is 54.6 Å². The first-order valence-electron chi connectivity index (χ1n) is 6.71. The number of nitrogens with zero attached hydrogens (tertiary/aromatic N) is 1. The predicted molar refractivity (Wildman–Crippen MR) is 82.0 cm³/mol. The summed E-state index contributed by atoms with van der Waals surface area (Å²) >= 11 is 0. The lowest BCUT2D eigenvalue weighted by Gasteiger charge is -2.19. The van der Waals surface area contributed by atoms with Crippen LogP contribution in [0.5, 0.6) is 0 Å². The highest BCUT2D eigenvalue weighted by Gasteiger charge is 2.21. The molecule has 2 aromatic rings. The van der Waals surface area contributed by atoms with Gasteiger partial charge >= 0.3 is 12.2 Å². The van der Waals surface area contributed by atoms with E-state index in [4.69, 9.17) is 15.3 Å². The Morgan fingerprint density at radius 3 is 2.36 bits per heavy atom. The number of nitrogens with two attached hydrogens (primary N) is 1. The zero-order valence-electron chi connectivity index (χ0n) is 12.1. The molecule has 0 spiro atoms. The largest absolute Gasteiger partial charge is 0.448 e. The Labute approximate surface area is 128 Å². The van der Waals surface area contributed by atoms with E-state index >= 15 is 0 Å². The smallest absolute Gasteiger partial charge is 0.447 e. The maximum Gasteiger partial charge on any atom is 0.448 e. The number of rotatable bonds is 3. The van der Waals surface area contributed by atoms with Gasteiger partial charge in [0, 0.05) is 0 Å². The van der Waals surface area contributed by atoms with Crippen LogP contribution in [0.1, 0.15) is 6.92 Å². The molecule has 0 aliphatic carbocycles. The van der Waals surface area contributed by atoms with Crippen molar-refractivity contribution in [2.45, 2.75) is 6.92 Å². The average molecular weight is 300 g/mol. The van der Waals surface area contributed by atoms with Gasteiger partial charge in [-0.2, -0.15) is 0 Å². The van der Waals surface area contributed by atoms with Gasteiger partial charge in [-0.05, 0) is 30.2 Å². The van der Waals surface area contributed by atoms with Gasteiger partial charge in [-0.3, -0.25) is 0 Å². The molecule has 6 heteroatoms. The molecule has 0 saturated heterocycles. The Hall–Kier alpha value is -3.02. The summed E-state index contributed by atoms with van der Waals surface area (Å²) in [6.45, 7) is 1.80. The third-order valence-electron chi connectivity index (χ3n) is 2.80. The summed E-state index contributed by atoms with van der Waals surface area (Å²) in [6.07, 6.45) is -1.91. The lowest BCUT2D eigenvalue weighted by Crippen LogP contribution is -2.36. The summed E-state index contributed by atoms with van der Waals surface area (Å²) in [7, 11) is 0. The van der Waals surface area contributed by atoms with E-state index in [0.29, 0.717) is 5.69 Å². The van der Waals surface area contributed by atoms with Crippen LogP contribution in [0.25, 0.3) is 11.1 Å². The number of carbonyl (C=O) groups is 2. The molecule has 2 rings (SSSR count). The maximum atomic E-state index is 11.9. The van der Waals surface area contributed by atoms with Gasteiger partial charge in [0.05, 0.1) is 12.3 Å². The van der Waals surface area contributed by atoms with Crippen LogP contribution in [-0.4, -0.2) is 18.8 Å². The number of carbonyl (C=O) groups excluding carboxylic acids is 2. The second-order valence-electron chi connectivity index (χ2n) is 4.32. The van der Waals surface area contributed by atoms with Crippen LogP contribution in [0, 0.1) is 0 Å². The van der Waals surface area contributed by atoms with Crippen LogP contribution >= 0.6 is 0 Å². The van der Waals surface area contributed by atoms with Crippen LogP contribution < -0.4 is 10.8 Å². The molecule has 0 fully saturated rings. The fourth-order valence-electron chi connectivity index (χ4n) is 1.91. The molecule has 0 aromatic heterocycles. The summed E-state index contributed by atoms with van der Waals surface area (Å²) in [5.74, 6) is 0. The van der Waals surface area contributed by atoms with Crippen LogP contribution in [-0.2, 0) is 9.57 Å². The van der Waals surface area contributed by atoms with Gasteiger partial charge in [0.1, 0.15) is 0 Å². The molecule has 0 heterocycles. The molecule has 6 nitrogen and oxygen atoms in total. The summed E-state index contributed by atoms with van der Waals surface area (Å²) in [6, 6.07) is 16.5. The van der Waals surface area contributed by atoms with Crippen molar-refractivity contribution in [3.8, 4) is 11.1 Å². The van der Waals surface area contributed by atoms with Crippen molar-refractivity contribution in [2.24, 2.45) is 5.73 Å². The van der Waals surface area contributed by atoms with E-state index in [1.807, 2.05) is 36.4 Å². The zero-order valence-corrected chi connectivity index (χ0v) is 12.1. The Bertz CT molecular complexity index is 658. The first-order chi connectivity index (χ1) is 10.6. The van der Waals surface area contributed by atoms with E-state index < -0.39 is 12.2 Å². The van der Waals surface area contributed by atoms with Gasteiger partial charge < -0.3 is 15.3 Å². The molecule has 2 N–H and O–H groups in total. The molecule has 0 unspecified atom stereocenters. The summed E-state index contributed by atoms with van der Waals surface area (Å²) < 4.78 is 4.86. The van der Waals surface area contributed by atoms with Gasteiger partial charge in [0.25, 0.3) is 0 Å². The van der Waals surface area contributed by atoms with Gasteiger partial charge in [-0.1, -0.05) is 42.5 Å². The standard InChI is InChI=1S/C16H16N2O4/c1-2-21-16(20)18(22-15(17)19)14-10-6-9-13(11-14)12-7-4-3-5-8-12/h3-11H,2H2,1H3,(H2,17,19). The Balaban J connectivity index is 2.35. The van der Waals surface area contributed by atoms with E-state index in [-0.39, 0.29) is 6.61 Å². The molecule has 114 valence electrons. The highest BCUT2D eigenvalue weighted by atomic mass is 16.8. The van der Waals surface area contributed by atoms with Crippen LogP contribution in [0.4, 0.5) is 15.3 Å². The molecule has 2 aromatic carbocycles. The fourth-order valence-corrected chi connectivity index (χ4v) is 1.91. The SMILES string of the molecule is CCOC(=O)N(OC(N)=O)c1cccc(-c2ccccc2)c1. The monoisotopic (exact) mass is 300 g/mol. The normalized spacial score (nSPS) is 9.86. The molecule has 0 saturated carbocycles. The fraction of sp³-hybridized carbons (Fsp3) is 0.125. The van der Waals surface area contributed by atoms with Crippen molar-refractivity contribution < 1.29 is 19.2 Å². The number of benzene rings is 2. The number of hydrogen-bond acceptors (Lipinski definition) is 4. The number of amides is 2. The van der Waals surface area contributed by atoms with Crippen LogP contribution in [0.3, 0.4) is 0 Å². The minimum atomic E-state index is -1.10. The van der Waals surface area contributed by atoms with Crippen LogP contribution in [0.15, 0.2) is 54.6 Å². The molecule has 0 atom stereocenters. The third-order valence-corrected chi connectivity index (χ3v) is 2.80. The quantitative estimate of drug-likeness (QED) is 0.881. The van der Waals surface area contributed by atoms with Crippen molar-refractivity contribution in [2.75, 3.05) is 11.7 Å². The van der Waals surface area contributed by atoms with E-state index in [0.717, 1.165) is 16.2 Å². The van der Waals surface area contributed by atoms with Gasteiger partial charge in [-0.25, -0.2) is 9.59 Å². The molecule has 0 aliphatic rings. The summed E-state index contributed by atoms with van der Waals surface area (Å²) in [5, 5.41) is 0.734. The van der Waals surface area contributed by atoms with Crippen molar-refractivity contribution >= 4 is 17.9 Å². The number of anilines is 1. The lowest BCUT2D eigenvalue weighted by molar-refractivity contribution is 0.104. The maximum absolute atomic E-state index is 11.9. The van der Waals surface area contributed by atoms with Crippen molar-refractivity contribution in [3.63, 3.8) is 0 Å². The molecular formula is C16H16N2O4. The molecule has 0 radical (unpaired) electrons. The number of hydrogen-bond donors (Lipinski definition) is 1. The number of ether oxygens (including phenoxy) is 1. The van der Waals surface area contributed by atoms with E-state index in [1.54, 1.807) is 25.1 Å². The summed E-state index contributed by atoms with van der Waals surface area (Å²) in [4.78, 5) is 27.6. The van der Waals surface area contributed by atoms with Gasteiger partial charge in [0.15, 0.2) is 0 Å². The van der Waals surface area contributed by atoms with Gasteiger partial charge in [0.2, 0.25) is 0 Å². The van der Waals surface area contributed by atoms with E-state index in [2.05, 4.69) is 0 Å². The third kappa shape index (κ3) is 3.76. The minimum Gasteiger partial charge on any atom is -0.447 e. The average Bonchev–Trinajstić information content (AvgIpc) is 2.53. The topological polar surface area (TPSA) is 81.9 Å². The molecular weight excluding hydrogens is 284 g/mol. The van der Waals surface area contributed by atoms with E-state index in [1.165, 1.54) is 0 Å². The van der Waals surface area contributed by atoms with Gasteiger partial charge in [-0.15, -0.1) is 5.06 Å². The molecule has 0 aliphatic heterocycles. The number of hydroxylamine groups is 1. The highest BCUT2D eigenvalue weighted by Crippen LogP contribution is 2.25. The Kier molecular flexibility index (Phi) is 4.98. The predicted octanol–water partition coefficient (Wildman–Crippen LogP) is 3.33. The number of primary amides is 1. The lowest BCUT2D eigenvalue weighted by atomic mass is 10.1. The van der Waals surface area contributed by atoms with Crippen molar-refractivity contribution in [1.82, 2.24) is 0 Å². The van der Waals surface area contributed by atoms with Crippen LogP contribution in [0.2, 0.25) is 0 Å². The van der Waals surface area contributed by atoms with Crippen molar-refractivity contribution in [1.29, 1.82) is 0 Å².